The Hall–Kier alpha value is 0. The van der Waals surface area contributed by atoms with Gasteiger partial charge in [-0.1, -0.05) is 60.8 Å². The van der Waals surface area contributed by atoms with Gasteiger partial charge in [0.15, 0.2) is 0 Å². The van der Waals surface area contributed by atoms with Gasteiger partial charge < -0.3 is 0 Å². The van der Waals surface area contributed by atoms with Gasteiger partial charge in [0.25, 0.3) is 0 Å². The minimum absolute atomic E-state index is 0.583. The van der Waals surface area contributed by atoms with Gasteiger partial charge >= 0.3 is 0 Å². The van der Waals surface area contributed by atoms with Crippen molar-refractivity contribution in [3.05, 3.63) is 0 Å². The van der Waals surface area contributed by atoms with E-state index in [1.165, 1.54) is 32.1 Å². The topological polar surface area (TPSA) is 0 Å². The molecule has 0 aliphatic heterocycles. The minimum Gasteiger partial charge on any atom is -0.0683 e. The SMILES string of the molecule is CC.CCC1(C)CCCCC1(C)C. The summed E-state index contributed by atoms with van der Waals surface area (Å²) < 4.78 is 0. The Morgan fingerprint density at radius 3 is 1.69 bits per heavy atom. The summed E-state index contributed by atoms with van der Waals surface area (Å²) in [6, 6.07) is 0. The number of hydrogen-bond acceptors (Lipinski definition) is 0. The molecule has 0 aromatic rings. The molecular formula is C13H28. The zero-order chi connectivity index (χ0) is 10.5. The molecule has 0 nitrogen and oxygen atoms in total. The van der Waals surface area contributed by atoms with Crippen LogP contribution >= 0.6 is 0 Å². The maximum Gasteiger partial charge on any atom is -0.0277 e. The lowest BCUT2D eigenvalue weighted by molar-refractivity contribution is 0.0296. The second-order valence-electron chi connectivity index (χ2n) is 5.01. The van der Waals surface area contributed by atoms with Gasteiger partial charge in [0.1, 0.15) is 0 Å². The highest BCUT2D eigenvalue weighted by molar-refractivity contribution is 4.91. The molecule has 1 rings (SSSR count). The molecular weight excluding hydrogens is 156 g/mol. The molecule has 0 amide bonds. The standard InChI is InChI=1S/C11H22.C2H6/c1-5-11(4)9-7-6-8-10(11,2)3;1-2/h5-9H2,1-4H3;1-2H3. The van der Waals surface area contributed by atoms with E-state index in [0.29, 0.717) is 10.8 Å². The van der Waals surface area contributed by atoms with Crippen molar-refractivity contribution in [2.24, 2.45) is 10.8 Å². The average Bonchev–Trinajstić information content (AvgIpc) is 2.14. The monoisotopic (exact) mass is 184 g/mol. The van der Waals surface area contributed by atoms with Gasteiger partial charge in [-0.05, 0) is 23.7 Å². The van der Waals surface area contributed by atoms with Crippen LogP contribution in [0, 0.1) is 10.8 Å². The second kappa shape index (κ2) is 5.02. The maximum absolute atomic E-state index is 2.46. The highest BCUT2D eigenvalue weighted by atomic mass is 14.5. The van der Waals surface area contributed by atoms with E-state index in [0.717, 1.165) is 0 Å². The molecule has 1 aliphatic rings. The van der Waals surface area contributed by atoms with Crippen LogP contribution in [0.15, 0.2) is 0 Å². The summed E-state index contributed by atoms with van der Waals surface area (Å²) in [6.07, 6.45) is 7.12. The third-order valence-corrected chi connectivity index (χ3v) is 4.19. The Morgan fingerprint density at radius 1 is 0.923 bits per heavy atom. The largest absolute Gasteiger partial charge is 0.0683 e. The van der Waals surface area contributed by atoms with Crippen LogP contribution in [-0.4, -0.2) is 0 Å². The van der Waals surface area contributed by atoms with Gasteiger partial charge in [0.05, 0.1) is 0 Å². The van der Waals surface area contributed by atoms with Crippen LogP contribution < -0.4 is 0 Å². The van der Waals surface area contributed by atoms with E-state index in [1.807, 2.05) is 13.8 Å². The van der Waals surface area contributed by atoms with Crippen molar-refractivity contribution in [1.29, 1.82) is 0 Å². The molecule has 0 N–H and O–H groups in total. The lowest BCUT2D eigenvalue weighted by Gasteiger charge is -2.48. The number of rotatable bonds is 1. The molecule has 1 unspecified atom stereocenters. The molecule has 0 radical (unpaired) electrons. The van der Waals surface area contributed by atoms with E-state index in [1.54, 1.807) is 0 Å². The molecule has 1 aliphatic carbocycles. The highest BCUT2D eigenvalue weighted by Gasteiger charge is 2.40. The minimum atomic E-state index is 0.583. The van der Waals surface area contributed by atoms with Crippen molar-refractivity contribution in [3.63, 3.8) is 0 Å². The van der Waals surface area contributed by atoms with E-state index in [9.17, 15) is 0 Å². The van der Waals surface area contributed by atoms with E-state index in [-0.39, 0.29) is 0 Å². The van der Waals surface area contributed by atoms with Crippen LogP contribution in [0.3, 0.4) is 0 Å². The molecule has 0 bridgehead atoms. The van der Waals surface area contributed by atoms with Gasteiger partial charge in [0.2, 0.25) is 0 Å². The van der Waals surface area contributed by atoms with Crippen molar-refractivity contribution in [3.8, 4) is 0 Å². The van der Waals surface area contributed by atoms with Crippen LogP contribution in [0.5, 0.6) is 0 Å². The maximum atomic E-state index is 2.46. The first-order valence-corrected chi connectivity index (χ1v) is 6.02. The third kappa shape index (κ3) is 2.72. The molecule has 1 saturated carbocycles. The Bertz CT molecular complexity index is 135. The Balaban J connectivity index is 0.000000671. The Kier molecular flexibility index (Phi) is 5.02. The Labute approximate surface area is 85.1 Å². The van der Waals surface area contributed by atoms with Crippen LogP contribution in [0.2, 0.25) is 0 Å². The summed E-state index contributed by atoms with van der Waals surface area (Å²) in [5.74, 6) is 0. The van der Waals surface area contributed by atoms with Crippen LogP contribution in [-0.2, 0) is 0 Å². The van der Waals surface area contributed by atoms with Gasteiger partial charge in [-0.15, -0.1) is 0 Å². The summed E-state index contributed by atoms with van der Waals surface area (Å²) in [5.41, 5.74) is 1.20. The summed E-state index contributed by atoms with van der Waals surface area (Å²) in [4.78, 5) is 0. The van der Waals surface area contributed by atoms with Gasteiger partial charge in [-0.25, -0.2) is 0 Å². The van der Waals surface area contributed by atoms with Gasteiger partial charge in [-0.3, -0.25) is 0 Å². The molecule has 0 saturated heterocycles. The Morgan fingerprint density at radius 2 is 1.38 bits per heavy atom. The molecule has 13 heavy (non-hydrogen) atoms. The van der Waals surface area contributed by atoms with Crippen molar-refractivity contribution in [2.45, 2.75) is 73.6 Å². The first-order valence-electron chi connectivity index (χ1n) is 6.02. The predicted octanol–water partition coefficient (Wildman–Crippen LogP) is 5.03. The fraction of sp³-hybridized carbons (Fsp3) is 1.00. The van der Waals surface area contributed by atoms with Crippen molar-refractivity contribution in [1.82, 2.24) is 0 Å². The van der Waals surface area contributed by atoms with Gasteiger partial charge in [0, 0.05) is 0 Å². The summed E-state index contributed by atoms with van der Waals surface area (Å²) >= 11 is 0. The average molecular weight is 184 g/mol. The third-order valence-electron chi connectivity index (χ3n) is 4.19. The zero-order valence-corrected chi connectivity index (χ0v) is 10.5. The summed E-state index contributed by atoms with van der Waals surface area (Å²) in [7, 11) is 0. The molecule has 0 spiro atoms. The quantitative estimate of drug-likeness (QED) is 0.536. The molecule has 0 aromatic carbocycles. The summed E-state index contributed by atoms with van der Waals surface area (Å²) in [6.45, 7) is 13.7. The van der Waals surface area contributed by atoms with Crippen LogP contribution in [0.1, 0.15) is 73.6 Å². The zero-order valence-electron chi connectivity index (χ0n) is 10.5. The lowest BCUT2D eigenvalue weighted by atomic mass is 9.58. The van der Waals surface area contributed by atoms with Crippen LogP contribution in [0.25, 0.3) is 0 Å². The van der Waals surface area contributed by atoms with E-state index >= 15 is 0 Å². The molecule has 1 fully saturated rings. The van der Waals surface area contributed by atoms with E-state index in [4.69, 9.17) is 0 Å². The molecule has 0 aromatic heterocycles. The predicted molar refractivity (Wildman–Crippen MR) is 62.0 cm³/mol. The second-order valence-corrected chi connectivity index (χ2v) is 5.01. The highest BCUT2D eigenvalue weighted by Crippen LogP contribution is 2.51. The summed E-state index contributed by atoms with van der Waals surface area (Å²) in [5, 5.41) is 0. The van der Waals surface area contributed by atoms with E-state index in [2.05, 4.69) is 27.7 Å². The lowest BCUT2D eigenvalue weighted by Crippen LogP contribution is -2.37. The molecule has 0 heteroatoms. The van der Waals surface area contributed by atoms with Crippen molar-refractivity contribution < 1.29 is 0 Å². The van der Waals surface area contributed by atoms with Crippen LogP contribution in [0.4, 0.5) is 0 Å². The van der Waals surface area contributed by atoms with Crippen molar-refractivity contribution in [2.75, 3.05) is 0 Å². The first kappa shape index (κ1) is 13.0. The van der Waals surface area contributed by atoms with E-state index < -0.39 is 0 Å². The first-order chi connectivity index (χ1) is 6.02. The van der Waals surface area contributed by atoms with Gasteiger partial charge in [-0.2, -0.15) is 0 Å². The normalized spacial score (nSPS) is 31.8. The molecule has 0 heterocycles. The number of hydrogen-bond donors (Lipinski definition) is 0. The fourth-order valence-electron chi connectivity index (χ4n) is 2.38. The smallest absolute Gasteiger partial charge is 0.0277 e. The van der Waals surface area contributed by atoms with Crippen molar-refractivity contribution >= 4 is 0 Å². The fourth-order valence-corrected chi connectivity index (χ4v) is 2.38. The molecule has 1 atom stereocenters. The molecule has 80 valence electrons.